The summed E-state index contributed by atoms with van der Waals surface area (Å²) in [5.41, 5.74) is 0. The smallest absolute Gasteiger partial charge is 0.306 e. The lowest BCUT2D eigenvalue weighted by molar-refractivity contribution is -0.167. The summed E-state index contributed by atoms with van der Waals surface area (Å²) in [5, 5.41) is 0. The predicted octanol–water partition coefficient (Wildman–Crippen LogP) is 13.9. The third-order valence-corrected chi connectivity index (χ3v) is 10.0. The molecule has 0 aromatic carbocycles. The molecule has 302 valence electrons. The fourth-order valence-electron chi connectivity index (χ4n) is 6.63. The van der Waals surface area contributed by atoms with E-state index in [1.807, 2.05) is 0 Å². The molecule has 0 rings (SSSR count). The number of rotatable bonds is 40. The largest absolute Gasteiger partial charge is 0.462 e. The number of unbranched alkanes of at least 4 members (excludes halogenated alkanes) is 27. The number of hydrogen-bond donors (Lipinski definition) is 0. The molecule has 0 unspecified atom stereocenters. The molecule has 0 radical (unpaired) electrons. The van der Waals surface area contributed by atoms with Crippen molar-refractivity contribution in [3.63, 3.8) is 0 Å². The highest BCUT2D eigenvalue weighted by molar-refractivity contribution is 5.71. The lowest BCUT2D eigenvalue weighted by Crippen LogP contribution is -2.30. The summed E-state index contributed by atoms with van der Waals surface area (Å²) < 4.78 is 16.7. The molecule has 0 bridgehead atoms. The van der Waals surface area contributed by atoms with Crippen molar-refractivity contribution in [2.75, 3.05) is 13.2 Å². The van der Waals surface area contributed by atoms with Crippen LogP contribution >= 0.6 is 0 Å². The van der Waals surface area contributed by atoms with Crippen LogP contribution in [0.3, 0.4) is 0 Å². The van der Waals surface area contributed by atoms with E-state index in [2.05, 4.69) is 27.7 Å². The fourth-order valence-corrected chi connectivity index (χ4v) is 6.63. The maximum atomic E-state index is 12.7. The molecule has 0 saturated heterocycles. The van der Waals surface area contributed by atoms with Gasteiger partial charge in [0.05, 0.1) is 0 Å². The van der Waals surface area contributed by atoms with Crippen LogP contribution in [0.2, 0.25) is 0 Å². The minimum atomic E-state index is -0.758. The molecular formula is C45H86O6. The lowest BCUT2D eigenvalue weighted by Gasteiger charge is -2.18. The fraction of sp³-hybridized carbons (Fsp3) is 0.933. The van der Waals surface area contributed by atoms with Crippen molar-refractivity contribution in [1.29, 1.82) is 0 Å². The Kier molecular flexibility index (Phi) is 38.4. The zero-order valence-corrected chi connectivity index (χ0v) is 34.6. The second kappa shape index (κ2) is 39.6. The summed E-state index contributed by atoms with van der Waals surface area (Å²) in [6.07, 6.45) is 38.0. The third kappa shape index (κ3) is 39.5. The van der Waals surface area contributed by atoms with E-state index in [9.17, 15) is 14.4 Å². The Hall–Kier alpha value is -1.59. The molecule has 0 aliphatic carbocycles. The maximum Gasteiger partial charge on any atom is 0.306 e. The molecule has 1 atom stereocenters. The summed E-state index contributed by atoms with van der Waals surface area (Å²) in [4.78, 5) is 37.6. The molecule has 0 aliphatic rings. The second-order valence-corrected chi connectivity index (χ2v) is 15.8. The highest BCUT2D eigenvalue weighted by Gasteiger charge is 2.19. The van der Waals surface area contributed by atoms with Crippen LogP contribution in [0.25, 0.3) is 0 Å². The van der Waals surface area contributed by atoms with Crippen molar-refractivity contribution in [3.8, 4) is 0 Å². The normalized spacial score (nSPS) is 11.9. The van der Waals surface area contributed by atoms with Gasteiger partial charge in [0.15, 0.2) is 6.10 Å². The molecule has 51 heavy (non-hydrogen) atoms. The molecule has 0 aromatic rings. The van der Waals surface area contributed by atoms with E-state index in [1.165, 1.54) is 141 Å². The first-order chi connectivity index (χ1) is 24.9. The van der Waals surface area contributed by atoms with Gasteiger partial charge in [-0.2, -0.15) is 0 Å². The van der Waals surface area contributed by atoms with Gasteiger partial charge in [-0.15, -0.1) is 0 Å². The Morgan fingerprint density at radius 1 is 0.373 bits per heavy atom. The van der Waals surface area contributed by atoms with Gasteiger partial charge in [0.25, 0.3) is 0 Å². The van der Waals surface area contributed by atoms with E-state index < -0.39 is 6.10 Å². The Morgan fingerprint density at radius 2 is 0.647 bits per heavy atom. The van der Waals surface area contributed by atoms with Crippen molar-refractivity contribution in [2.45, 2.75) is 252 Å². The van der Waals surface area contributed by atoms with Crippen molar-refractivity contribution in [2.24, 2.45) is 5.92 Å². The van der Waals surface area contributed by atoms with Gasteiger partial charge in [-0.1, -0.05) is 207 Å². The quantitative estimate of drug-likeness (QED) is 0.0356. The summed E-state index contributed by atoms with van der Waals surface area (Å²) in [5.74, 6) is -0.0339. The van der Waals surface area contributed by atoms with Crippen LogP contribution in [0.15, 0.2) is 0 Å². The Balaban J connectivity index is 4.31. The van der Waals surface area contributed by atoms with Crippen molar-refractivity contribution >= 4 is 17.9 Å². The number of carbonyl (C=O) groups is 3. The minimum absolute atomic E-state index is 0.0641. The van der Waals surface area contributed by atoms with Crippen molar-refractivity contribution in [1.82, 2.24) is 0 Å². The van der Waals surface area contributed by atoms with Crippen LogP contribution in [0.5, 0.6) is 0 Å². The van der Waals surface area contributed by atoms with Crippen molar-refractivity contribution in [3.05, 3.63) is 0 Å². The van der Waals surface area contributed by atoms with Gasteiger partial charge in [-0.25, -0.2) is 0 Å². The molecule has 0 aliphatic heterocycles. The second-order valence-electron chi connectivity index (χ2n) is 15.8. The SMILES string of the molecule is CCCCCCCCCCCCC(=O)OC[C@H](COC(=O)CCCCCCCCCCC)OC(=O)CCCCCCCCCCCCCC(C)C. The highest BCUT2D eigenvalue weighted by atomic mass is 16.6. The summed E-state index contributed by atoms with van der Waals surface area (Å²) in [7, 11) is 0. The number of hydrogen-bond acceptors (Lipinski definition) is 6. The first kappa shape index (κ1) is 49.4. The number of esters is 3. The summed E-state index contributed by atoms with van der Waals surface area (Å²) >= 11 is 0. The first-order valence-electron chi connectivity index (χ1n) is 22.4. The van der Waals surface area contributed by atoms with Crippen LogP contribution < -0.4 is 0 Å². The van der Waals surface area contributed by atoms with Crippen molar-refractivity contribution < 1.29 is 28.6 Å². The molecule has 0 heterocycles. The Bertz CT molecular complexity index is 766. The van der Waals surface area contributed by atoms with Crippen LogP contribution in [-0.2, 0) is 28.6 Å². The molecular weight excluding hydrogens is 636 g/mol. The predicted molar refractivity (Wildman–Crippen MR) is 215 cm³/mol. The average Bonchev–Trinajstić information content (AvgIpc) is 3.11. The van der Waals surface area contributed by atoms with E-state index in [0.29, 0.717) is 19.3 Å². The average molecular weight is 723 g/mol. The van der Waals surface area contributed by atoms with E-state index in [0.717, 1.165) is 63.7 Å². The molecule has 0 N–H and O–H groups in total. The summed E-state index contributed by atoms with van der Waals surface area (Å²) in [6.45, 7) is 8.96. The zero-order chi connectivity index (χ0) is 37.5. The van der Waals surface area contributed by atoms with Gasteiger partial charge >= 0.3 is 17.9 Å². The van der Waals surface area contributed by atoms with Gasteiger partial charge in [-0.3, -0.25) is 14.4 Å². The topological polar surface area (TPSA) is 78.9 Å². The molecule has 0 saturated carbocycles. The molecule has 0 amide bonds. The Morgan fingerprint density at radius 3 is 0.961 bits per heavy atom. The molecule has 6 nitrogen and oxygen atoms in total. The van der Waals surface area contributed by atoms with E-state index in [-0.39, 0.29) is 31.1 Å². The molecule has 0 aromatic heterocycles. The lowest BCUT2D eigenvalue weighted by atomic mass is 10.0. The Labute approximate surface area is 317 Å². The zero-order valence-electron chi connectivity index (χ0n) is 34.6. The molecule has 0 fully saturated rings. The first-order valence-corrected chi connectivity index (χ1v) is 22.4. The molecule has 0 spiro atoms. The van der Waals surface area contributed by atoms with Crippen LogP contribution in [0.1, 0.15) is 246 Å². The molecule has 6 heteroatoms. The van der Waals surface area contributed by atoms with Gasteiger partial charge in [0.2, 0.25) is 0 Å². The van der Waals surface area contributed by atoms with Crippen LogP contribution in [0, 0.1) is 5.92 Å². The van der Waals surface area contributed by atoms with Crippen LogP contribution in [0.4, 0.5) is 0 Å². The third-order valence-electron chi connectivity index (χ3n) is 10.0. The highest BCUT2D eigenvalue weighted by Crippen LogP contribution is 2.16. The standard InChI is InChI=1S/C45H86O6/c1-5-7-9-11-13-15-21-25-29-33-37-44(47)50-40-42(39-49-43(46)36-32-28-24-19-14-12-10-8-6-2)51-45(48)38-34-30-26-22-18-16-17-20-23-27-31-35-41(3)4/h41-42H,5-40H2,1-4H3/t42-/m0/s1. The van der Waals surface area contributed by atoms with E-state index >= 15 is 0 Å². The maximum absolute atomic E-state index is 12.7. The van der Waals surface area contributed by atoms with Gasteiger partial charge < -0.3 is 14.2 Å². The van der Waals surface area contributed by atoms with Crippen LogP contribution in [-0.4, -0.2) is 37.2 Å². The monoisotopic (exact) mass is 723 g/mol. The van der Waals surface area contributed by atoms with Gasteiger partial charge in [0, 0.05) is 19.3 Å². The minimum Gasteiger partial charge on any atom is -0.462 e. The van der Waals surface area contributed by atoms with E-state index in [4.69, 9.17) is 14.2 Å². The number of carbonyl (C=O) groups excluding carboxylic acids is 3. The van der Waals surface area contributed by atoms with Gasteiger partial charge in [0.1, 0.15) is 13.2 Å². The van der Waals surface area contributed by atoms with Gasteiger partial charge in [-0.05, 0) is 25.2 Å². The number of ether oxygens (including phenoxy) is 3. The van der Waals surface area contributed by atoms with E-state index in [1.54, 1.807) is 0 Å². The summed E-state index contributed by atoms with van der Waals surface area (Å²) in [6, 6.07) is 0.